The Morgan fingerprint density at radius 1 is 1.14 bits per heavy atom. The Kier molecular flexibility index (Phi) is 9.53. The zero-order valence-corrected chi connectivity index (χ0v) is 19.7. The van der Waals surface area contributed by atoms with Crippen LogP contribution in [0.2, 0.25) is 0 Å². The average Bonchev–Trinajstić information content (AvgIpc) is 2.89. The number of esters is 1. The predicted molar refractivity (Wildman–Crippen MR) is 129 cm³/mol. The van der Waals surface area contributed by atoms with E-state index >= 15 is 0 Å². The molecule has 1 aliphatic rings. The lowest BCUT2D eigenvalue weighted by Gasteiger charge is -2.31. The second-order valence-electron chi connectivity index (χ2n) is 8.33. The van der Waals surface area contributed by atoms with E-state index in [2.05, 4.69) is 15.6 Å². The molecule has 1 fully saturated rings. The molecular formula is C26H30N4O5. The molecule has 0 spiro atoms. The number of benzene rings is 1. The van der Waals surface area contributed by atoms with E-state index in [4.69, 9.17) is 4.74 Å². The van der Waals surface area contributed by atoms with Crippen molar-refractivity contribution < 1.29 is 23.9 Å². The lowest BCUT2D eigenvalue weighted by molar-refractivity contribution is -0.149. The molecule has 1 aliphatic heterocycles. The number of ether oxygens (including phenoxy) is 1. The highest BCUT2D eigenvalue weighted by molar-refractivity contribution is 5.92. The molecule has 3 rings (SSSR count). The summed E-state index contributed by atoms with van der Waals surface area (Å²) < 4.78 is 5.31. The molecule has 2 heterocycles. The summed E-state index contributed by atoms with van der Waals surface area (Å²) in [5.41, 5.74) is 1.68. The van der Waals surface area contributed by atoms with E-state index < -0.39 is 23.8 Å². The van der Waals surface area contributed by atoms with Gasteiger partial charge in [-0.1, -0.05) is 30.3 Å². The Hall–Kier alpha value is -4.01. The molecule has 184 valence electrons. The highest BCUT2D eigenvalue weighted by Gasteiger charge is 2.29. The predicted octanol–water partition coefficient (Wildman–Crippen LogP) is 1.70. The van der Waals surface area contributed by atoms with E-state index in [9.17, 15) is 19.2 Å². The van der Waals surface area contributed by atoms with Gasteiger partial charge in [0.1, 0.15) is 12.6 Å². The van der Waals surface area contributed by atoms with Gasteiger partial charge in [-0.05, 0) is 42.2 Å². The molecule has 0 unspecified atom stereocenters. The first kappa shape index (κ1) is 25.6. The highest BCUT2D eigenvalue weighted by atomic mass is 16.5. The summed E-state index contributed by atoms with van der Waals surface area (Å²) in [5, 5.41) is 5.26. The van der Waals surface area contributed by atoms with Crippen molar-refractivity contribution in [1.29, 1.82) is 0 Å². The normalized spacial score (nSPS) is 16.4. The maximum atomic E-state index is 12.8. The van der Waals surface area contributed by atoms with Gasteiger partial charge in [0.25, 0.3) is 0 Å². The number of pyridine rings is 1. The van der Waals surface area contributed by atoms with Crippen LogP contribution in [0, 0.1) is 5.92 Å². The van der Waals surface area contributed by atoms with Crippen molar-refractivity contribution in [3.8, 4) is 0 Å². The van der Waals surface area contributed by atoms with Gasteiger partial charge >= 0.3 is 5.97 Å². The Morgan fingerprint density at radius 2 is 1.89 bits per heavy atom. The van der Waals surface area contributed by atoms with Crippen LogP contribution < -0.4 is 10.6 Å². The summed E-state index contributed by atoms with van der Waals surface area (Å²) in [6, 6.07) is 11.8. The van der Waals surface area contributed by atoms with Gasteiger partial charge in [-0.25, -0.2) is 4.79 Å². The number of piperidine rings is 1. The molecule has 9 heteroatoms. The van der Waals surface area contributed by atoms with Crippen LogP contribution in [0.5, 0.6) is 0 Å². The molecule has 9 nitrogen and oxygen atoms in total. The molecule has 1 saturated heterocycles. The minimum atomic E-state index is -1.01. The van der Waals surface area contributed by atoms with Crippen molar-refractivity contribution >= 4 is 29.8 Å². The smallest absolute Gasteiger partial charge is 0.330 e. The third-order valence-electron chi connectivity index (χ3n) is 5.59. The number of likely N-dealkylation sites (tertiary alicyclic amines) is 1. The van der Waals surface area contributed by atoms with Gasteiger partial charge in [-0.15, -0.1) is 0 Å². The fourth-order valence-electron chi connectivity index (χ4n) is 3.75. The Labute approximate surface area is 204 Å². The van der Waals surface area contributed by atoms with Crippen LogP contribution in [0.3, 0.4) is 0 Å². The van der Waals surface area contributed by atoms with E-state index in [1.807, 2.05) is 30.3 Å². The summed E-state index contributed by atoms with van der Waals surface area (Å²) in [4.78, 5) is 55.1. The number of rotatable bonds is 9. The van der Waals surface area contributed by atoms with Crippen molar-refractivity contribution in [1.82, 2.24) is 20.5 Å². The fourth-order valence-corrected chi connectivity index (χ4v) is 3.75. The Bertz CT molecular complexity index is 1040. The highest BCUT2D eigenvalue weighted by Crippen LogP contribution is 2.17. The lowest BCUT2D eigenvalue weighted by Crippen LogP contribution is -2.51. The molecule has 2 N–H and O–H groups in total. The minimum Gasteiger partial charge on any atom is -0.459 e. The third-order valence-corrected chi connectivity index (χ3v) is 5.59. The van der Waals surface area contributed by atoms with Gasteiger partial charge in [-0.3, -0.25) is 19.4 Å². The van der Waals surface area contributed by atoms with Crippen molar-refractivity contribution in [2.24, 2.45) is 5.92 Å². The second kappa shape index (κ2) is 13.0. The number of hydrogen-bond acceptors (Lipinski definition) is 6. The first-order valence-electron chi connectivity index (χ1n) is 11.5. The van der Waals surface area contributed by atoms with Crippen LogP contribution in [0.15, 0.2) is 60.9 Å². The van der Waals surface area contributed by atoms with E-state index in [0.717, 1.165) is 11.1 Å². The lowest BCUT2D eigenvalue weighted by atomic mass is 9.97. The molecule has 2 aromatic rings. The van der Waals surface area contributed by atoms with Crippen molar-refractivity contribution in [3.63, 3.8) is 0 Å². The molecule has 3 amide bonds. The first-order chi connectivity index (χ1) is 16.9. The van der Waals surface area contributed by atoms with Gasteiger partial charge in [0.15, 0.2) is 0 Å². The summed E-state index contributed by atoms with van der Waals surface area (Å²) >= 11 is 0. The molecule has 0 bridgehead atoms. The van der Waals surface area contributed by atoms with Crippen LogP contribution in [-0.2, 0) is 30.5 Å². The molecule has 0 radical (unpaired) electrons. The molecule has 0 aliphatic carbocycles. The number of aromatic nitrogens is 1. The molecule has 1 aromatic carbocycles. The number of nitrogens with one attached hydrogen (secondary N) is 2. The van der Waals surface area contributed by atoms with E-state index in [1.54, 1.807) is 35.5 Å². The van der Waals surface area contributed by atoms with Gasteiger partial charge in [0, 0.05) is 45.0 Å². The third kappa shape index (κ3) is 8.37. The van der Waals surface area contributed by atoms with Gasteiger partial charge in [0.05, 0.1) is 5.92 Å². The van der Waals surface area contributed by atoms with Crippen molar-refractivity contribution in [2.75, 3.05) is 19.6 Å². The largest absolute Gasteiger partial charge is 0.459 e. The SMILES string of the molecule is CC(=O)N[C@@H](CNC(=O)[C@@H]1CCCN(C(=O)C=Cc2ccncc2)C1)C(=O)OCc1ccccc1. The number of hydrogen-bond donors (Lipinski definition) is 2. The first-order valence-corrected chi connectivity index (χ1v) is 11.5. The van der Waals surface area contributed by atoms with E-state index in [0.29, 0.717) is 19.4 Å². The van der Waals surface area contributed by atoms with Crippen molar-refractivity contribution in [3.05, 3.63) is 72.1 Å². The minimum absolute atomic E-state index is 0.0659. The average molecular weight is 479 g/mol. The topological polar surface area (TPSA) is 118 Å². The van der Waals surface area contributed by atoms with Gasteiger partial charge in [-0.2, -0.15) is 0 Å². The quantitative estimate of drug-likeness (QED) is 0.418. The zero-order chi connectivity index (χ0) is 25.0. The monoisotopic (exact) mass is 478 g/mol. The van der Waals surface area contributed by atoms with Gasteiger partial charge < -0.3 is 20.3 Å². The van der Waals surface area contributed by atoms with E-state index in [1.165, 1.54) is 13.0 Å². The van der Waals surface area contributed by atoms with Crippen LogP contribution in [0.1, 0.15) is 30.9 Å². The fraction of sp³-hybridized carbons (Fsp3) is 0.346. The van der Waals surface area contributed by atoms with Crippen LogP contribution in [0.4, 0.5) is 0 Å². The summed E-state index contributed by atoms with van der Waals surface area (Å²) in [5.74, 6) is -1.88. The van der Waals surface area contributed by atoms with Crippen LogP contribution in [0.25, 0.3) is 6.08 Å². The molecule has 1 aromatic heterocycles. The zero-order valence-electron chi connectivity index (χ0n) is 19.7. The molecular weight excluding hydrogens is 448 g/mol. The number of carbonyl (C=O) groups excluding carboxylic acids is 4. The Morgan fingerprint density at radius 3 is 2.60 bits per heavy atom. The number of amides is 3. The summed E-state index contributed by atoms with van der Waals surface area (Å²) in [7, 11) is 0. The van der Waals surface area contributed by atoms with Gasteiger partial charge in [0.2, 0.25) is 17.7 Å². The van der Waals surface area contributed by atoms with Crippen LogP contribution >= 0.6 is 0 Å². The Balaban J connectivity index is 1.51. The molecule has 2 atom stereocenters. The summed E-state index contributed by atoms with van der Waals surface area (Å²) in [6.45, 7) is 2.12. The second-order valence-corrected chi connectivity index (χ2v) is 8.33. The molecule has 35 heavy (non-hydrogen) atoms. The maximum absolute atomic E-state index is 12.8. The number of carbonyl (C=O) groups is 4. The van der Waals surface area contributed by atoms with Crippen molar-refractivity contribution in [2.45, 2.75) is 32.4 Å². The van der Waals surface area contributed by atoms with E-state index in [-0.39, 0.29) is 31.5 Å². The van der Waals surface area contributed by atoms with Crippen LogP contribution in [-0.4, -0.2) is 59.3 Å². The summed E-state index contributed by atoms with van der Waals surface area (Å²) in [6.07, 6.45) is 7.83. The maximum Gasteiger partial charge on any atom is 0.330 e. The number of nitrogens with zero attached hydrogens (tertiary/aromatic N) is 2. The standard InChI is InChI=1S/C26H30N4O5/c1-19(31)29-23(26(34)35-18-21-6-3-2-4-7-21)16-28-25(33)22-8-5-15-30(17-22)24(32)10-9-20-11-13-27-14-12-20/h2-4,6-7,9-14,22-23H,5,8,15-18H2,1H3,(H,28,33)(H,29,31)/t22-,23+/m1/s1. The molecule has 0 saturated carbocycles.